The molecular weight excluding hydrogens is 350 g/mol. The number of hydrogen-bond donors (Lipinski definition) is 0. The largest absolute Gasteiger partial charge is 0.299 e. The molecule has 0 aliphatic heterocycles. The van der Waals surface area contributed by atoms with E-state index in [0.717, 1.165) is 17.7 Å². The lowest BCUT2D eigenvalue weighted by Gasteiger charge is -2.29. The van der Waals surface area contributed by atoms with Crippen LogP contribution in [0.5, 0.6) is 0 Å². The van der Waals surface area contributed by atoms with Crippen LogP contribution in [0.4, 0.5) is 8.78 Å². The molecule has 0 bridgehead atoms. The van der Waals surface area contributed by atoms with E-state index in [-0.39, 0.29) is 36.9 Å². The highest BCUT2D eigenvalue weighted by molar-refractivity contribution is 5.97. The summed E-state index contributed by atoms with van der Waals surface area (Å²) in [4.78, 5) is 24.1. The van der Waals surface area contributed by atoms with Crippen LogP contribution in [0.15, 0.2) is 0 Å². The molecule has 0 amide bonds. The van der Waals surface area contributed by atoms with Crippen LogP contribution in [0.2, 0.25) is 0 Å². The van der Waals surface area contributed by atoms with E-state index in [1.54, 1.807) is 4.68 Å². The monoisotopic (exact) mass is 384 g/mol. The average molecular weight is 385 g/mol. The Balaban J connectivity index is 0.000000855. The van der Waals surface area contributed by atoms with E-state index < -0.39 is 5.92 Å². The first-order valence-corrected chi connectivity index (χ1v) is 10.4. The molecule has 0 radical (unpaired) electrons. The van der Waals surface area contributed by atoms with Crippen molar-refractivity contribution >= 4 is 11.6 Å². The fourth-order valence-electron chi connectivity index (χ4n) is 3.63. The number of alkyl halides is 2. The minimum Gasteiger partial charge on any atom is -0.299 e. The number of fused-ring (bicyclic) bond motifs is 1. The van der Waals surface area contributed by atoms with Crippen LogP contribution in [-0.4, -0.2) is 27.3 Å². The van der Waals surface area contributed by atoms with Gasteiger partial charge >= 0.3 is 0 Å². The van der Waals surface area contributed by atoms with Crippen molar-refractivity contribution in [1.29, 1.82) is 0 Å². The summed E-state index contributed by atoms with van der Waals surface area (Å²) < 4.78 is 28.5. The highest BCUT2D eigenvalue weighted by Gasteiger charge is 2.38. The second-order valence-electron chi connectivity index (χ2n) is 6.69. The molecule has 1 saturated carbocycles. The number of hydrogen-bond acceptors (Lipinski definition) is 3. The van der Waals surface area contributed by atoms with E-state index in [4.69, 9.17) is 0 Å². The fraction of sp³-hybridized carbons (Fsp3) is 0.762. The second-order valence-corrected chi connectivity index (χ2v) is 6.69. The molecule has 0 N–H and O–H groups in total. The summed E-state index contributed by atoms with van der Waals surface area (Å²) in [6, 6.07) is -0.127. The summed E-state index contributed by atoms with van der Waals surface area (Å²) in [6.07, 6.45) is 2.81. The first-order chi connectivity index (χ1) is 12.9. The van der Waals surface area contributed by atoms with Crippen molar-refractivity contribution in [2.45, 2.75) is 104 Å². The molecule has 1 aromatic heterocycles. The fourth-order valence-corrected chi connectivity index (χ4v) is 3.63. The summed E-state index contributed by atoms with van der Waals surface area (Å²) >= 11 is 0. The first-order valence-electron chi connectivity index (χ1n) is 10.4. The van der Waals surface area contributed by atoms with Gasteiger partial charge in [-0.05, 0) is 25.7 Å². The van der Waals surface area contributed by atoms with Gasteiger partial charge in [0.15, 0.2) is 5.78 Å². The van der Waals surface area contributed by atoms with E-state index in [9.17, 15) is 18.4 Å². The molecule has 2 aliphatic rings. The van der Waals surface area contributed by atoms with Crippen molar-refractivity contribution in [2.24, 2.45) is 0 Å². The van der Waals surface area contributed by atoms with Crippen molar-refractivity contribution < 1.29 is 18.4 Å². The lowest BCUT2D eigenvalue weighted by atomic mass is 9.90. The third-order valence-corrected chi connectivity index (χ3v) is 4.91. The maximum absolute atomic E-state index is 13.4. The Morgan fingerprint density at radius 3 is 2.30 bits per heavy atom. The van der Waals surface area contributed by atoms with Gasteiger partial charge in [0.2, 0.25) is 5.92 Å². The predicted molar refractivity (Wildman–Crippen MR) is 104 cm³/mol. The smallest absolute Gasteiger partial charge is 0.248 e. The van der Waals surface area contributed by atoms with Crippen LogP contribution < -0.4 is 0 Å². The number of aromatic nitrogens is 2. The molecule has 0 spiro atoms. The van der Waals surface area contributed by atoms with Gasteiger partial charge in [-0.15, -0.1) is 0 Å². The molecule has 0 atom stereocenters. The number of nitrogens with zero attached hydrogens (tertiary/aromatic N) is 2. The molecule has 1 fully saturated rings. The summed E-state index contributed by atoms with van der Waals surface area (Å²) in [5.41, 5.74) is 2.13. The zero-order valence-electron chi connectivity index (χ0n) is 17.4. The quantitative estimate of drug-likeness (QED) is 0.623. The number of rotatable bonds is 4. The minimum absolute atomic E-state index is 0.00186. The normalized spacial score (nSPS) is 18.6. The second kappa shape index (κ2) is 10.7. The zero-order valence-corrected chi connectivity index (χ0v) is 17.4. The molecule has 27 heavy (non-hydrogen) atoms. The number of carbonyl (C=O) groups excluding carboxylic acids is 2. The molecule has 6 heteroatoms. The summed E-state index contributed by atoms with van der Waals surface area (Å²) in [5.74, 6) is -2.47. The Morgan fingerprint density at radius 2 is 1.74 bits per heavy atom. The van der Waals surface area contributed by atoms with Crippen LogP contribution in [0.1, 0.15) is 107 Å². The van der Waals surface area contributed by atoms with E-state index >= 15 is 0 Å². The van der Waals surface area contributed by atoms with Crippen LogP contribution in [0, 0.1) is 0 Å². The molecule has 4 nitrogen and oxygen atoms in total. The number of ketones is 2. The van der Waals surface area contributed by atoms with Gasteiger partial charge < -0.3 is 0 Å². The number of carbonyl (C=O) groups is 2. The van der Waals surface area contributed by atoms with Gasteiger partial charge in [-0.2, -0.15) is 5.10 Å². The number of Topliss-reactive ketones (excluding diaryl/α,β-unsaturated/α-hetero) is 2. The van der Waals surface area contributed by atoms with Crippen LogP contribution in [-0.2, 0) is 17.6 Å². The number of halogens is 2. The molecule has 2 aliphatic carbocycles. The SMILES string of the molecule is CC.CC.CCCC(=O)c1nn(C2CCC(F)(F)CC2)c2c1CCC(=O)C2. The van der Waals surface area contributed by atoms with Gasteiger partial charge in [0.25, 0.3) is 0 Å². The van der Waals surface area contributed by atoms with E-state index in [1.165, 1.54) is 0 Å². The van der Waals surface area contributed by atoms with E-state index in [1.807, 2.05) is 34.6 Å². The van der Waals surface area contributed by atoms with E-state index in [2.05, 4.69) is 5.10 Å². The molecule has 3 rings (SSSR count). The van der Waals surface area contributed by atoms with Gasteiger partial charge in [-0.25, -0.2) is 8.78 Å². The van der Waals surface area contributed by atoms with Gasteiger partial charge in [-0.1, -0.05) is 34.6 Å². The first kappa shape index (κ1) is 23.4. The summed E-state index contributed by atoms with van der Waals surface area (Å²) in [6.45, 7) is 9.94. The molecule has 0 saturated heterocycles. The molecule has 1 aromatic rings. The molecule has 1 heterocycles. The summed E-state index contributed by atoms with van der Waals surface area (Å²) in [5, 5.41) is 4.49. The van der Waals surface area contributed by atoms with Gasteiger partial charge in [0, 0.05) is 37.7 Å². The van der Waals surface area contributed by atoms with Crippen molar-refractivity contribution in [2.75, 3.05) is 0 Å². The molecule has 0 aromatic carbocycles. The Morgan fingerprint density at radius 1 is 1.15 bits per heavy atom. The van der Waals surface area contributed by atoms with Gasteiger partial charge in [0.1, 0.15) is 11.5 Å². The third-order valence-electron chi connectivity index (χ3n) is 4.91. The molecule has 154 valence electrons. The Bertz CT molecular complexity index is 628. The van der Waals surface area contributed by atoms with Crippen molar-refractivity contribution in [3.63, 3.8) is 0 Å². The maximum atomic E-state index is 13.4. The molecule has 0 unspecified atom stereocenters. The topological polar surface area (TPSA) is 52.0 Å². The Kier molecular flexibility index (Phi) is 9.27. The van der Waals surface area contributed by atoms with Crippen LogP contribution in [0.25, 0.3) is 0 Å². The maximum Gasteiger partial charge on any atom is 0.248 e. The Labute approximate surface area is 161 Å². The highest BCUT2D eigenvalue weighted by Crippen LogP contribution is 2.40. The van der Waals surface area contributed by atoms with Crippen molar-refractivity contribution in [3.8, 4) is 0 Å². The average Bonchev–Trinajstić information content (AvgIpc) is 3.04. The van der Waals surface area contributed by atoms with Crippen molar-refractivity contribution in [1.82, 2.24) is 9.78 Å². The highest BCUT2D eigenvalue weighted by atomic mass is 19.3. The van der Waals surface area contributed by atoms with Crippen LogP contribution in [0.3, 0.4) is 0 Å². The standard InChI is InChI=1S/C17H22F2N2O2.2C2H6/c1-2-3-15(23)16-13-5-4-12(22)10-14(13)21(20-16)11-6-8-17(18,19)9-7-11;2*1-2/h11H,2-10H2,1H3;2*1-2H3. The lowest BCUT2D eigenvalue weighted by Crippen LogP contribution is -2.28. The summed E-state index contributed by atoms with van der Waals surface area (Å²) in [7, 11) is 0. The van der Waals surface area contributed by atoms with Crippen molar-refractivity contribution in [3.05, 3.63) is 17.0 Å². The minimum atomic E-state index is -2.60. The zero-order chi connectivity index (χ0) is 20.6. The third kappa shape index (κ3) is 5.69. The van der Waals surface area contributed by atoms with Crippen LogP contribution >= 0.6 is 0 Å². The van der Waals surface area contributed by atoms with Gasteiger partial charge in [-0.3, -0.25) is 14.3 Å². The van der Waals surface area contributed by atoms with Gasteiger partial charge in [0.05, 0.1) is 11.7 Å². The predicted octanol–water partition coefficient (Wildman–Crippen LogP) is 5.73. The Hall–Kier alpha value is -1.59. The molecular formula is C21H34F2N2O2. The lowest BCUT2D eigenvalue weighted by molar-refractivity contribution is -0.118. The van der Waals surface area contributed by atoms with E-state index in [0.29, 0.717) is 37.8 Å².